The van der Waals surface area contributed by atoms with Gasteiger partial charge in [0.25, 0.3) is 11.1 Å². The third-order valence-corrected chi connectivity index (χ3v) is 7.78. The molecule has 0 bridgehead atoms. The average molecular weight is 656 g/mol. The van der Waals surface area contributed by atoms with E-state index in [1.807, 2.05) is 0 Å². The Labute approximate surface area is 255 Å². The first-order valence-electron chi connectivity index (χ1n) is 14.2. The first-order valence-corrected chi connectivity index (χ1v) is 14.2. The van der Waals surface area contributed by atoms with Gasteiger partial charge in [0.15, 0.2) is 5.82 Å². The third-order valence-electron chi connectivity index (χ3n) is 7.78. The molecule has 246 valence electrons. The summed E-state index contributed by atoms with van der Waals surface area (Å²) >= 11 is 0. The lowest BCUT2D eigenvalue weighted by Gasteiger charge is -2.26. The zero-order valence-corrected chi connectivity index (χ0v) is 24.4. The molecule has 0 amide bonds. The number of aromatic amines is 1. The van der Waals surface area contributed by atoms with Crippen molar-refractivity contribution in [2.24, 2.45) is 0 Å². The minimum absolute atomic E-state index is 0.0113. The molecule has 5 rings (SSSR count). The summed E-state index contributed by atoms with van der Waals surface area (Å²) in [7, 11) is 0. The molecule has 3 N–H and O–H groups in total. The quantitative estimate of drug-likeness (QED) is 0.228. The molecule has 1 fully saturated rings. The van der Waals surface area contributed by atoms with E-state index in [2.05, 4.69) is 20.4 Å². The standard InChI is InChI=1S/C29H28F7N7O3/c1-14(39-22-12-38-41-26(45)23(22)29(34,35)36)4-3-6-42-7-5-16-9-19(21(30)10-18(16)27(42)46)24-37-11-20(28(31,32)33)25(40-24)43-13-17(44)8-15(43)2/h5,7,9-12,14-15,17,44H,3-4,6,8,13H2,1-2H3,(H2,39,41,45)/t14-,15-,17-/m0/s1. The van der Waals surface area contributed by atoms with Gasteiger partial charge in [0.05, 0.1) is 28.9 Å². The smallest absolute Gasteiger partial charge is 0.391 e. The fourth-order valence-electron chi connectivity index (χ4n) is 5.57. The van der Waals surface area contributed by atoms with Crippen LogP contribution in [0.4, 0.5) is 42.2 Å². The maximum Gasteiger partial charge on any atom is 0.423 e. The number of alkyl halides is 6. The molecule has 3 atom stereocenters. The van der Waals surface area contributed by atoms with Crippen molar-refractivity contribution in [1.29, 1.82) is 0 Å². The summed E-state index contributed by atoms with van der Waals surface area (Å²) in [5.41, 5.74) is -5.16. The van der Waals surface area contributed by atoms with Gasteiger partial charge in [0, 0.05) is 37.6 Å². The average Bonchev–Trinajstić information content (AvgIpc) is 3.30. The minimum Gasteiger partial charge on any atom is -0.391 e. The van der Waals surface area contributed by atoms with E-state index in [9.17, 15) is 41.0 Å². The predicted molar refractivity (Wildman–Crippen MR) is 154 cm³/mol. The van der Waals surface area contributed by atoms with E-state index >= 15 is 4.39 Å². The van der Waals surface area contributed by atoms with Crippen LogP contribution in [-0.4, -0.2) is 54.6 Å². The number of β-amino-alcohol motifs (C(OH)–C–C–N with tert-alkyl or cyclic N) is 1. The Morgan fingerprint density at radius 3 is 2.52 bits per heavy atom. The molecule has 0 spiro atoms. The lowest BCUT2D eigenvalue weighted by atomic mass is 10.1. The van der Waals surface area contributed by atoms with Gasteiger partial charge in [-0.05, 0) is 56.7 Å². The van der Waals surface area contributed by atoms with Gasteiger partial charge in [-0.15, -0.1) is 0 Å². The summed E-state index contributed by atoms with van der Waals surface area (Å²) in [6.45, 7) is 3.29. The van der Waals surface area contributed by atoms with Crippen molar-refractivity contribution in [1.82, 2.24) is 24.7 Å². The van der Waals surface area contributed by atoms with Gasteiger partial charge in [-0.25, -0.2) is 19.5 Å². The summed E-state index contributed by atoms with van der Waals surface area (Å²) in [5.74, 6) is -1.75. The van der Waals surface area contributed by atoms with Gasteiger partial charge in [-0.2, -0.15) is 31.4 Å². The number of halogens is 7. The number of rotatable bonds is 8. The number of nitrogens with one attached hydrogen (secondary N) is 2. The Balaban J connectivity index is 1.36. The van der Waals surface area contributed by atoms with Crippen molar-refractivity contribution in [3.63, 3.8) is 0 Å². The van der Waals surface area contributed by atoms with Crippen LogP contribution in [0.15, 0.2) is 46.4 Å². The van der Waals surface area contributed by atoms with Crippen molar-refractivity contribution < 1.29 is 35.8 Å². The number of pyridine rings is 1. The van der Waals surface area contributed by atoms with Crippen LogP contribution in [0.3, 0.4) is 0 Å². The highest BCUT2D eigenvalue weighted by Gasteiger charge is 2.40. The van der Waals surface area contributed by atoms with E-state index in [0.717, 1.165) is 12.3 Å². The van der Waals surface area contributed by atoms with Crippen molar-refractivity contribution in [2.45, 2.75) is 70.2 Å². The number of hydrogen-bond acceptors (Lipinski definition) is 8. The maximum absolute atomic E-state index is 15.4. The molecule has 1 aromatic carbocycles. The van der Waals surface area contributed by atoms with Crippen LogP contribution >= 0.6 is 0 Å². The number of benzene rings is 1. The lowest BCUT2D eigenvalue weighted by Crippen LogP contribution is -2.31. The second-order valence-corrected chi connectivity index (χ2v) is 11.2. The van der Waals surface area contributed by atoms with E-state index in [0.29, 0.717) is 19.0 Å². The Kier molecular flexibility index (Phi) is 8.81. The highest BCUT2D eigenvalue weighted by molar-refractivity contribution is 5.86. The zero-order chi connectivity index (χ0) is 33.6. The number of hydrogen-bond donors (Lipinski definition) is 3. The van der Waals surface area contributed by atoms with Crippen LogP contribution in [0.25, 0.3) is 22.2 Å². The van der Waals surface area contributed by atoms with E-state index in [1.165, 1.54) is 27.8 Å². The van der Waals surface area contributed by atoms with Crippen molar-refractivity contribution in [2.75, 3.05) is 16.8 Å². The molecule has 4 heterocycles. The number of aliphatic hydroxyl groups excluding tert-OH is 1. The fourth-order valence-corrected chi connectivity index (χ4v) is 5.57. The summed E-state index contributed by atoms with van der Waals surface area (Å²) in [6, 6.07) is 2.74. The van der Waals surface area contributed by atoms with Crippen LogP contribution < -0.4 is 21.3 Å². The van der Waals surface area contributed by atoms with Gasteiger partial charge in [0.2, 0.25) is 0 Å². The molecule has 4 aromatic rings. The molecule has 1 aliphatic heterocycles. The second-order valence-electron chi connectivity index (χ2n) is 11.2. The van der Waals surface area contributed by atoms with Crippen LogP contribution in [0.1, 0.15) is 44.2 Å². The molecule has 0 aliphatic carbocycles. The number of aromatic nitrogens is 5. The molecule has 0 saturated carbocycles. The number of H-pyrrole nitrogens is 1. The van der Waals surface area contributed by atoms with Gasteiger partial charge in [-0.1, -0.05) is 0 Å². The molecule has 1 saturated heterocycles. The molecule has 0 radical (unpaired) electrons. The van der Waals surface area contributed by atoms with Crippen LogP contribution in [-0.2, 0) is 18.9 Å². The second kappa shape index (κ2) is 12.3. The fraction of sp³-hybridized carbons (Fsp3) is 0.414. The Morgan fingerprint density at radius 1 is 1.13 bits per heavy atom. The third kappa shape index (κ3) is 6.68. The number of anilines is 2. The topological polar surface area (TPSA) is 129 Å². The highest BCUT2D eigenvalue weighted by Crippen LogP contribution is 2.39. The van der Waals surface area contributed by atoms with Crippen molar-refractivity contribution >= 4 is 22.3 Å². The van der Waals surface area contributed by atoms with E-state index in [-0.39, 0.29) is 41.7 Å². The summed E-state index contributed by atoms with van der Waals surface area (Å²) in [5, 5.41) is 18.1. The molecule has 0 unspecified atom stereocenters. The van der Waals surface area contributed by atoms with Gasteiger partial charge in [-0.3, -0.25) is 9.59 Å². The van der Waals surface area contributed by atoms with Crippen LogP contribution in [0.5, 0.6) is 0 Å². The Bertz CT molecular complexity index is 1870. The molecule has 10 nitrogen and oxygen atoms in total. The predicted octanol–water partition coefficient (Wildman–Crippen LogP) is 4.96. The Hall–Kier alpha value is -4.54. The summed E-state index contributed by atoms with van der Waals surface area (Å²) in [4.78, 5) is 34.0. The lowest BCUT2D eigenvalue weighted by molar-refractivity contribution is -0.138. The maximum atomic E-state index is 15.4. The molecular formula is C29H28F7N7O3. The molecule has 17 heteroatoms. The first-order chi connectivity index (χ1) is 21.5. The normalized spacial score (nSPS) is 17.9. The minimum atomic E-state index is -4.90. The van der Waals surface area contributed by atoms with Gasteiger partial charge < -0.3 is 19.9 Å². The molecular weight excluding hydrogens is 627 g/mol. The van der Waals surface area contributed by atoms with E-state index < -0.39 is 70.1 Å². The number of nitrogens with zero attached hydrogens (tertiary/aromatic N) is 5. The Morgan fingerprint density at radius 2 is 1.87 bits per heavy atom. The molecule has 3 aromatic heterocycles. The summed E-state index contributed by atoms with van der Waals surface area (Å²) < 4.78 is 98.0. The molecule has 46 heavy (non-hydrogen) atoms. The van der Waals surface area contributed by atoms with E-state index in [1.54, 1.807) is 18.9 Å². The van der Waals surface area contributed by atoms with Crippen LogP contribution in [0.2, 0.25) is 0 Å². The van der Waals surface area contributed by atoms with E-state index in [4.69, 9.17) is 0 Å². The highest BCUT2D eigenvalue weighted by atomic mass is 19.4. The number of fused-ring (bicyclic) bond motifs is 1. The monoisotopic (exact) mass is 655 g/mol. The first kappa shape index (κ1) is 32.8. The van der Waals surface area contributed by atoms with Crippen LogP contribution in [0, 0.1) is 5.82 Å². The van der Waals surface area contributed by atoms with Crippen molar-refractivity contribution in [3.05, 3.63) is 74.4 Å². The number of aryl methyl sites for hydroxylation is 1. The summed E-state index contributed by atoms with van der Waals surface area (Å²) in [6.07, 6.45) is -6.83. The van der Waals surface area contributed by atoms with Crippen molar-refractivity contribution in [3.8, 4) is 11.4 Å². The zero-order valence-electron chi connectivity index (χ0n) is 24.4. The van der Waals surface area contributed by atoms with Gasteiger partial charge in [0.1, 0.15) is 22.8 Å². The number of aliphatic hydroxyl groups is 1. The molecule has 1 aliphatic rings. The largest absolute Gasteiger partial charge is 0.423 e. The SMILES string of the molecule is C[C@@H](CCCn1ccc2cc(-c3ncc(C(F)(F)F)c(N4C[C@@H](O)C[C@@H]4C)n3)c(F)cc2c1=O)Nc1cn[nH]c(=O)c1C(F)(F)F. The van der Waals surface area contributed by atoms with Gasteiger partial charge >= 0.3 is 12.4 Å².